The van der Waals surface area contributed by atoms with Crippen LogP contribution in [0, 0.1) is 11.8 Å². The van der Waals surface area contributed by atoms with Crippen LogP contribution in [0.5, 0.6) is 0 Å². The summed E-state index contributed by atoms with van der Waals surface area (Å²) in [7, 11) is 1.43. The molecular weight excluding hydrogens is 416 g/mol. The minimum absolute atomic E-state index is 0.0242. The first kappa shape index (κ1) is 21.4. The summed E-state index contributed by atoms with van der Waals surface area (Å²) in [5, 5.41) is 4.09. The highest BCUT2D eigenvalue weighted by Gasteiger charge is 2.31. The molecule has 0 saturated heterocycles. The second-order valence-corrected chi connectivity index (χ2v) is 8.78. The van der Waals surface area contributed by atoms with E-state index in [2.05, 4.69) is 9.88 Å². The Balaban J connectivity index is 1.34. The first-order valence-electron chi connectivity index (χ1n) is 11.6. The largest absolute Gasteiger partial charge is 0.469 e. The molecule has 0 spiro atoms. The van der Waals surface area contributed by atoms with Gasteiger partial charge in [-0.05, 0) is 37.0 Å². The van der Waals surface area contributed by atoms with Gasteiger partial charge in [-0.3, -0.25) is 9.59 Å². The Morgan fingerprint density at radius 2 is 1.76 bits per heavy atom. The lowest BCUT2D eigenvalue weighted by Crippen LogP contribution is -2.37. The van der Waals surface area contributed by atoms with Crippen LogP contribution in [0.2, 0.25) is 0 Å². The number of para-hydroxylation sites is 3. The summed E-state index contributed by atoms with van der Waals surface area (Å²) in [6.45, 7) is 1.02. The van der Waals surface area contributed by atoms with Crippen LogP contribution >= 0.6 is 0 Å². The van der Waals surface area contributed by atoms with E-state index in [9.17, 15) is 9.59 Å². The second-order valence-electron chi connectivity index (χ2n) is 8.78. The molecule has 1 N–H and O–H groups in total. The SMILES string of the molecule is COC(=O)C1CCCCC1CNC(=O)CCn1c2ccccc2c2nc3ccccc3nc21. The molecule has 1 saturated carbocycles. The summed E-state index contributed by atoms with van der Waals surface area (Å²) < 4.78 is 7.05. The van der Waals surface area contributed by atoms with E-state index in [-0.39, 0.29) is 23.7 Å². The maximum atomic E-state index is 12.7. The van der Waals surface area contributed by atoms with E-state index in [4.69, 9.17) is 14.7 Å². The molecule has 0 bridgehead atoms. The van der Waals surface area contributed by atoms with Crippen LogP contribution in [0.3, 0.4) is 0 Å². The van der Waals surface area contributed by atoms with Gasteiger partial charge in [0.2, 0.25) is 5.91 Å². The number of fused-ring (bicyclic) bond motifs is 4. The molecule has 5 rings (SSSR count). The Morgan fingerprint density at radius 3 is 2.58 bits per heavy atom. The molecule has 170 valence electrons. The summed E-state index contributed by atoms with van der Waals surface area (Å²) in [5.74, 6) is -0.167. The van der Waals surface area contributed by atoms with Gasteiger partial charge in [0.1, 0.15) is 5.52 Å². The third-order valence-corrected chi connectivity index (χ3v) is 6.79. The van der Waals surface area contributed by atoms with Crippen LogP contribution in [0.25, 0.3) is 33.1 Å². The van der Waals surface area contributed by atoms with Crippen molar-refractivity contribution in [2.45, 2.75) is 38.6 Å². The third kappa shape index (κ3) is 4.15. The van der Waals surface area contributed by atoms with Crippen LogP contribution in [0.15, 0.2) is 48.5 Å². The zero-order valence-electron chi connectivity index (χ0n) is 18.8. The number of esters is 1. The number of carbonyl (C=O) groups excluding carboxylic acids is 2. The van der Waals surface area contributed by atoms with Crippen LogP contribution < -0.4 is 5.32 Å². The highest BCUT2D eigenvalue weighted by Crippen LogP contribution is 2.31. The van der Waals surface area contributed by atoms with Crippen molar-refractivity contribution in [1.29, 1.82) is 0 Å². The second kappa shape index (κ2) is 9.17. The summed E-state index contributed by atoms with van der Waals surface area (Å²) in [5.41, 5.74) is 4.37. The molecule has 33 heavy (non-hydrogen) atoms. The molecular formula is C26H28N4O3. The lowest BCUT2D eigenvalue weighted by atomic mass is 9.79. The number of ether oxygens (including phenoxy) is 1. The topological polar surface area (TPSA) is 86.1 Å². The number of aromatic nitrogens is 3. The fourth-order valence-electron chi connectivity index (χ4n) is 5.07. The zero-order chi connectivity index (χ0) is 22.8. The molecule has 0 radical (unpaired) electrons. The Morgan fingerprint density at radius 1 is 1.03 bits per heavy atom. The van der Waals surface area contributed by atoms with Crippen molar-refractivity contribution < 1.29 is 14.3 Å². The lowest BCUT2D eigenvalue weighted by Gasteiger charge is -2.29. The minimum Gasteiger partial charge on any atom is -0.469 e. The van der Waals surface area contributed by atoms with Crippen molar-refractivity contribution in [2.24, 2.45) is 11.8 Å². The van der Waals surface area contributed by atoms with Gasteiger partial charge >= 0.3 is 5.97 Å². The van der Waals surface area contributed by atoms with Crippen molar-refractivity contribution in [1.82, 2.24) is 19.9 Å². The molecule has 2 aromatic carbocycles. The molecule has 7 nitrogen and oxygen atoms in total. The molecule has 2 atom stereocenters. The van der Waals surface area contributed by atoms with Crippen LogP contribution in [-0.4, -0.2) is 40.1 Å². The quantitative estimate of drug-likeness (QED) is 0.450. The summed E-state index contributed by atoms with van der Waals surface area (Å²) in [6, 6.07) is 15.9. The monoisotopic (exact) mass is 444 g/mol. The molecule has 1 aliphatic rings. The highest BCUT2D eigenvalue weighted by molar-refractivity contribution is 6.06. The number of amides is 1. The van der Waals surface area contributed by atoms with Gasteiger partial charge in [-0.2, -0.15) is 0 Å². The maximum absolute atomic E-state index is 12.7. The maximum Gasteiger partial charge on any atom is 0.309 e. The van der Waals surface area contributed by atoms with Gasteiger partial charge in [0.25, 0.3) is 0 Å². The van der Waals surface area contributed by atoms with Crippen molar-refractivity contribution in [2.75, 3.05) is 13.7 Å². The van der Waals surface area contributed by atoms with Crippen molar-refractivity contribution in [3.05, 3.63) is 48.5 Å². The smallest absolute Gasteiger partial charge is 0.309 e. The van der Waals surface area contributed by atoms with Gasteiger partial charge in [0.05, 0.1) is 29.6 Å². The first-order chi connectivity index (χ1) is 16.2. The van der Waals surface area contributed by atoms with E-state index >= 15 is 0 Å². The summed E-state index contributed by atoms with van der Waals surface area (Å²) in [6.07, 6.45) is 4.23. The van der Waals surface area contributed by atoms with Gasteiger partial charge in [-0.1, -0.05) is 43.2 Å². The van der Waals surface area contributed by atoms with Crippen molar-refractivity contribution >= 4 is 45.0 Å². The van der Waals surface area contributed by atoms with E-state index in [1.807, 2.05) is 48.5 Å². The van der Waals surface area contributed by atoms with Gasteiger partial charge in [-0.25, -0.2) is 9.97 Å². The molecule has 1 fully saturated rings. The number of nitrogens with zero attached hydrogens (tertiary/aromatic N) is 3. The number of hydrogen-bond acceptors (Lipinski definition) is 5. The van der Waals surface area contributed by atoms with E-state index in [1.54, 1.807) is 0 Å². The molecule has 4 aromatic rings. The average molecular weight is 445 g/mol. The number of aryl methyl sites for hydroxylation is 1. The van der Waals surface area contributed by atoms with E-state index in [0.29, 0.717) is 19.5 Å². The number of methoxy groups -OCH3 is 1. The standard InChI is InChI=1S/C26H28N4O3/c1-33-26(32)18-9-3-2-8-17(18)16-27-23(31)14-15-30-22-13-7-4-10-19(22)24-25(30)29-21-12-6-5-11-20(21)28-24/h4-7,10-13,17-18H,2-3,8-9,14-16H2,1H3,(H,27,31). The van der Waals surface area contributed by atoms with Gasteiger partial charge in [0, 0.05) is 24.9 Å². The minimum atomic E-state index is -0.162. The normalized spacial score (nSPS) is 18.6. The first-order valence-corrected chi connectivity index (χ1v) is 11.6. The number of nitrogens with one attached hydrogen (secondary N) is 1. The van der Waals surface area contributed by atoms with Crippen molar-refractivity contribution in [3.8, 4) is 0 Å². The van der Waals surface area contributed by atoms with Gasteiger partial charge in [-0.15, -0.1) is 0 Å². The number of benzene rings is 2. The lowest BCUT2D eigenvalue weighted by molar-refractivity contribution is -0.148. The summed E-state index contributed by atoms with van der Waals surface area (Å²) >= 11 is 0. The predicted molar refractivity (Wildman–Crippen MR) is 128 cm³/mol. The number of rotatable bonds is 6. The molecule has 2 unspecified atom stereocenters. The van der Waals surface area contributed by atoms with Gasteiger partial charge < -0.3 is 14.6 Å². The molecule has 2 aromatic heterocycles. The number of hydrogen-bond donors (Lipinski definition) is 1. The Labute approximate surface area is 192 Å². The Kier molecular flexibility index (Phi) is 5.94. The fourth-order valence-corrected chi connectivity index (χ4v) is 5.07. The third-order valence-electron chi connectivity index (χ3n) is 6.79. The summed E-state index contributed by atoms with van der Waals surface area (Å²) in [4.78, 5) is 34.6. The Bertz CT molecular complexity index is 1330. The fraction of sp³-hybridized carbons (Fsp3) is 0.385. The molecule has 2 heterocycles. The van der Waals surface area contributed by atoms with Crippen LogP contribution in [0.4, 0.5) is 0 Å². The molecule has 1 amide bonds. The van der Waals surface area contributed by atoms with Crippen LogP contribution in [0.1, 0.15) is 32.1 Å². The average Bonchev–Trinajstić information content (AvgIpc) is 3.17. The zero-order valence-corrected chi connectivity index (χ0v) is 18.8. The van der Waals surface area contributed by atoms with Crippen molar-refractivity contribution in [3.63, 3.8) is 0 Å². The predicted octanol–water partition coefficient (Wildman–Crippen LogP) is 4.22. The van der Waals surface area contributed by atoms with E-state index < -0.39 is 0 Å². The van der Waals surface area contributed by atoms with E-state index in [0.717, 1.165) is 58.8 Å². The molecule has 7 heteroatoms. The Hall–Kier alpha value is -3.48. The highest BCUT2D eigenvalue weighted by atomic mass is 16.5. The van der Waals surface area contributed by atoms with E-state index in [1.165, 1.54) is 7.11 Å². The molecule has 1 aliphatic carbocycles. The van der Waals surface area contributed by atoms with Gasteiger partial charge in [0.15, 0.2) is 5.65 Å². The van der Waals surface area contributed by atoms with Crippen LogP contribution in [-0.2, 0) is 20.9 Å². The number of carbonyl (C=O) groups is 2. The molecule has 0 aliphatic heterocycles.